The lowest BCUT2D eigenvalue weighted by molar-refractivity contribution is 0.237. The first-order valence-electron chi connectivity index (χ1n) is 5.83. The lowest BCUT2D eigenvalue weighted by Crippen LogP contribution is -2.35. The van der Waals surface area contributed by atoms with Gasteiger partial charge in [0.05, 0.1) is 6.61 Å². The molecule has 2 unspecified atom stereocenters. The largest absolute Gasteiger partial charge is 0.395 e. The fraction of sp³-hybridized carbons (Fsp3) is 0.538. The van der Waals surface area contributed by atoms with Gasteiger partial charge in [0, 0.05) is 22.2 Å². The number of aliphatic hydroxyl groups is 1. The number of hydrogen-bond donors (Lipinski definition) is 2. The summed E-state index contributed by atoms with van der Waals surface area (Å²) in [6.07, 6.45) is 1.13. The molecule has 1 heterocycles. The van der Waals surface area contributed by atoms with Crippen LogP contribution in [0, 0.1) is 0 Å². The molecule has 1 aliphatic rings. The van der Waals surface area contributed by atoms with Crippen LogP contribution in [0.5, 0.6) is 0 Å². The molecule has 2 rings (SSSR count). The van der Waals surface area contributed by atoms with E-state index in [9.17, 15) is 0 Å². The second kappa shape index (κ2) is 5.21. The lowest BCUT2D eigenvalue weighted by atomic mass is 10.0. The Balaban J connectivity index is 2.20. The van der Waals surface area contributed by atoms with E-state index in [-0.39, 0.29) is 12.6 Å². The Morgan fingerprint density at radius 1 is 1.50 bits per heavy atom. The maximum atomic E-state index is 9.11. The summed E-state index contributed by atoms with van der Waals surface area (Å²) >= 11 is 1.95. The summed E-state index contributed by atoms with van der Waals surface area (Å²) in [5.41, 5.74) is 1.38. The maximum Gasteiger partial charge on any atom is 0.0582 e. The van der Waals surface area contributed by atoms with Gasteiger partial charge in [-0.15, -0.1) is 11.8 Å². The number of aliphatic hydroxyl groups excluding tert-OH is 1. The molecule has 0 amide bonds. The van der Waals surface area contributed by atoms with Crippen LogP contribution < -0.4 is 5.32 Å². The zero-order valence-corrected chi connectivity index (χ0v) is 10.6. The van der Waals surface area contributed by atoms with Crippen LogP contribution in [-0.4, -0.2) is 23.0 Å². The third-order valence-corrected chi connectivity index (χ3v) is 4.17. The number of hydrogen-bond acceptors (Lipinski definition) is 3. The summed E-state index contributed by atoms with van der Waals surface area (Å²) in [5.74, 6) is 0. The van der Waals surface area contributed by atoms with E-state index in [1.165, 1.54) is 10.5 Å². The molecule has 2 nitrogen and oxygen atoms in total. The van der Waals surface area contributed by atoms with Crippen molar-refractivity contribution < 1.29 is 5.11 Å². The zero-order chi connectivity index (χ0) is 11.5. The van der Waals surface area contributed by atoms with E-state index in [0.29, 0.717) is 11.3 Å². The monoisotopic (exact) mass is 237 g/mol. The first kappa shape index (κ1) is 12.0. The molecule has 0 saturated carbocycles. The summed E-state index contributed by atoms with van der Waals surface area (Å²) in [7, 11) is 0. The Hall–Kier alpha value is -0.510. The summed E-state index contributed by atoms with van der Waals surface area (Å²) < 4.78 is 0. The molecule has 88 valence electrons. The molecule has 1 aromatic carbocycles. The lowest BCUT2D eigenvalue weighted by Gasteiger charge is -2.31. The second-order valence-electron chi connectivity index (χ2n) is 4.50. The van der Waals surface area contributed by atoms with Gasteiger partial charge >= 0.3 is 0 Å². The van der Waals surface area contributed by atoms with Crippen LogP contribution in [0.25, 0.3) is 0 Å². The van der Waals surface area contributed by atoms with Crippen molar-refractivity contribution in [2.24, 2.45) is 0 Å². The molecule has 0 radical (unpaired) electrons. The molecule has 1 aliphatic heterocycles. The molecule has 1 aromatic rings. The Morgan fingerprint density at radius 3 is 3.00 bits per heavy atom. The van der Waals surface area contributed by atoms with E-state index in [0.717, 1.165) is 6.42 Å². The number of thioether (sulfide) groups is 1. The molecule has 3 atom stereocenters. The molecule has 0 spiro atoms. The quantitative estimate of drug-likeness (QED) is 0.847. The third-order valence-electron chi connectivity index (χ3n) is 2.95. The van der Waals surface area contributed by atoms with Gasteiger partial charge in [0.2, 0.25) is 0 Å². The fourth-order valence-corrected chi connectivity index (χ4v) is 3.38. The molecule has 0 bridgehead atoms. The van der Waals surface area contributed by atoms with Crippen LogP contribution in [0.3, 0.4) is 0 Å². The van der Waals surface area contributed by atoms with Gasteiger partial charge < -0.3 is 10.4 Å². The highest BCUT2D eigenvalue weighted by atomic mass is 32.2. The van der Waals surface area contributed by atoms with Gasteiger partial charge in [-0.3, -0.25) is 0 Å². The molecule has 2 N–H and O–H groups in total. The highest BCUT2D eigenvalue weighted by molar-refractivity contribution is 8.00. The minimum atomic E-state index is 0.161. The van der Waals surface area contributed by atoms with E-state index in [2.05, 4.69) is 36.5 Å². The second-order valence-corrected chi connectivity index (χ2v) is 5.99. The average molecular weight is 237 g/mol. The van der Waals surface area contributed by atoms with Crippen LogP contribution in [0.2, 0.25) is 0 Å². The predicted octanol–water partition coefficient (Wildman–Crippen LogP) is 2.58. The van der Waals surface area contributed by atoms with Gasteiger partial charge in [0.25, 0.3) is 0 Å². The van der Waals surface area contributed by atoms with Gasteiger partial charge in [-0.1, -0.05) is 25.1 Å². The number of fused-ring (bicyclic) bond motifs is 1. The Labute approximate surface area is 101 Å². The Bertz CT molecular complexity index is 356. The van der Waals surface area contributed by atoms with Crippen molar-refractivity contribution in [3.8, 4) is 0 Å². The van der Waals surface area contributed by atoms with E-state index >= 15 is 0 Å². The molecule has 0 aliphatic carbocycles. The topological polar surface area (TPSA) is 32.3 Å². The van der Waals surface area contributed by atoms with Gasteiger partial charge in [0.1, 0.15) is 0 Å². The van der Waals surface area contributed by atoms with E-state index in [1.54, 1.807) is 0 Å². The standard InChI is InChI=1S/C13H19NOS/c1-9(8-15)14-12-7-10(2)16-13-6-4-3-5-11(12)13/h3-6,9-10,12,14-15H,7-8H2,1-2H3/t9-,10?,12?/m1/s1. The van der Waals surface area contributed by atoms with Crippen molar-refractivity contribution in [3.63, 3.8) is 0 Å². The van der Waals surface area contributed by atoms with Crippen molar-refractivity contribution in [3.05, 3.63) is 29.8 Å². The molecule has 3 heteroatoms. The van der Waals surface area contributed by atoms with Gasteiger partial charge in [-0.25, -0.2) is 0 Å². The maximum absolute atomic E-state index is 9.11. The van der Waals surface area contributed by atoms with Crippen molar-refractivity contribution in [2.75, 3.05) is 6.61 Å². The summed E-state index contributed by atoms with van der Waals surface area (Å²) in [6, 6.07) is 9.11. The van der Waals surface area contributed by atoms with Gasteiger partial charge in [-0.2, -0.15) is 0 Å². The smallest absolute Gasteiger partial charge is 0.0582 e. The van der Waals surface area contributed by atoms with Crippen LogP contribution in [-0.2, 0) is 0 Å². The molecule has 0 fully saturated rings. The summed E-state index contributed by atoms with van der Waals surface area (Å²) in [5, 5.41) is 13.2. The first-order chi connectivity index (χ1) is 7.70. The van der Waals surface area contributed by atoms with Crippen molar-refractivity contribution in [2.45, 2.75) is 42.5 Å². The Kier molecular flexibility index (Phi) is 3.90. The Morgan fingerprint density at radius 2 is 2.25 bits per heavy atom. The molecular formula is C13H19NOS. The number of nitrogens with one attached hydrogen (secondary N) is 1. The highest BCUT2D eigenvalue weighted by Crippen LogP contribution is 2.40. The first-order valence-corrected chi connectivity index (χ1v) is 6.71. The SMILES string of the molecule is CC1CC(N[C@H](C)CO)c2ccccc2S1. The number of rotatable bonds is 3. The minimum Gasteiger partial charge on any atom is -0.395 e. The molecule has 0 aromatic heterocycles. The van der Waals surface area contributed by atoms with Crippen molar-refractivity contribution in [1.29, 1.82) is 0 Å². The van der Waals surface area contributed by atoms with Gasteiger partial charge in [-0.05, 0) is 25.0 Å². The molecule has 0 saturated heterocycles. The van der Waals surface area contributed by atoms with E-state index in [4.69, 9.17) is 5.11 Å². The van der Waals surface area contributed by atoms with Gasteiger partial charge in [0.15, 0.2) is 0 Å². The third kappa shape index (κ3) is 2.59. The number of benzene rings is 1. The highest BCUT2D eigenvalue weighted by Gasteiger charge is 2.25. The van der Waals surface area contributed by atoms with Crippen molar-refractivity contribution >= 4 is 11.8 Å². The van der Waals surface area contributed by atoms with Crippen molar-refractivity contribution in [1.82, 2.24) is 5.32 Å². The normalized spacial score (nSPS) is 26.2. The fourth-order valence-electron chi connectivity index (χ4n) is 2.15. The predicted molar refractivity (Wildman–Crippen MR) is 68.8 cm³/mol. The average Bonchev–Trinajstić information content (AvgIpc) is 2.28. The van der Waals surface area contributed by atoms with Crippen LogP contribution in [0.1, 0.15) is 31.9 Å². The minimum absolute atomic E-state index is 0.161. The van der Waals surface area contributed by atoms with E-state index < -0.39 is 0 Å². The summed E-state index contributed by atoms with van der Waals surface area (Å²) in [4.78, 5) is 1.38. The van der Waals surface area contributed by atoms with E-state index in [1.807, 2.05) is 18.7 Å². The van der Waals surface area contributed by atoms with Crippen LogP contribution >= 0.6 is 11.8 Å². The molecular weight excluding hydrogens is 218 g/mol. The zero-order valence-electron chi connectivity index (χ0n) is 9.81. The molecule has 16 heavy (non-hydrogen) atoms. The van der Waals surface area contributed by atoms with Crippen LogP contribution in [0.15, 0.2) is 29.2 Å². The van der Waals surface area contributed by atoms with Crippen LogP contribution in [0.4, 0.5) is 0 Å². The summed E-state index contributed by atoms with van der Waals surface area (Å²) in [6.45, 7) is 4.48.